The smallest absolute Gasteiger partial charge is 0.251 e. The first-order chi connectivity index (χ1) is 13.0. The maximum atomic E-state index is 12.6. The highest BCUT2D eigenvalue weighted by molar-refractivity contribution is 7.71. The van der Waals surface area contributed by atoms with Gasteiger partial charge in [-0.1, -0.05) is 24.4 Å². The minimum atomic E-state index is -0.0751. The second-order valence-electron chi connectivity index (χ2n) is 6.31. The third kappa shape index (κ3) is 3.29. The summed E-state index contributed by atoms with van der Waals surface area (Å²) in [5, 5.41) is 3.10. The highest BCUT2D eigenvalue weighted by Crippen LogP contribution is 2.22. The highest BCUT2D eigenvalue weighted by atomic mass is 32.1. The van der Waals surface area contributed by atoms with Crippen molar-refractivity contribution in [3.05, 3.63) is 81.1 Å². The molecular weight excluding hydrogens is 360 g/mol. The Hall–Kier alpha value is -3.19. The number of hydrogen-bond acceptors (Lipinski definition) is 4. The Morgan fingerprint density at radius 1 is 1.19 bits per heavy atom. The van der Waals surface area contributed by atoms with Crippen LogP contribution in [-0.4, -0.2) is 26.3 Å². The third-order valence-electron chi connectivity index (χ3n) is 4.44. The van der Waals surface area contributed by atoms with Gasteiger partial charge in [-0.2, -0.15) is 0 Å². The van der Waals surface area contributed by atoms with Gasteiger partial charge < -0.3 is 9.30 Å². The molecule has 1 N–H and O–H groups in total. The third-order valence-corrected chi connectivity index (χ3v) is 4.75. The molecule has 6 nitrogen and oxygen atoms in total. The van der Waals surface area contributed by atoms with E-state index in [-0.39, 0.29) is 5.56 Å². The van der Waals surface area contributed by atoms with Crippen LogP contribution >= 0.6 is 12.2 Å². The molecule has 1 aromatic carbocycles. The number of ether oxygens (including phenoxy) is 1. The van der Waals surface area contributed by atoms with Crippen molar-refractivity contribution >= 4 is 17.9 Å². The molecule has 0 aliphatic carbocycles. The van der Waals surface area contributed by atoms with Gasteiger partial charge in [0.15, 0.2) is 5.65 Å². The van der Waals surface area contributed by atoms with Crippen molar-refractivity contribution in [2.45, 2.75) is 13.5 Å². The maximum Gasteiger partial charge on any atom is 0.251 e. The number of methoxy groups -OCH3 is 1. The molecule has 0 amide bonds. The Morgan fingerprint density at radius 2 is 1.96 bits per heavy atom. The van der Waals surface area contributed by atoms with Crippen molar-refractivity contribution in [1.82, 2.24) is 19.2 Å². The predicted octanol–water partition coefficient (Wildman–Crippen LogP) is 3.59. The van der Waals surface area contributed by atoms with E-state index >= 15 is 0 Å². The molecule has 0 bridgehead atoms. The van der Waals surface area contributed by atoms with Gasteiger partial charge in [0.05, 0.1) is 13.7 Å². The van der Waals surface area contributed by atoms with E-state index in [4.69, 9.17) is 17.0 Å². The SMILES string of the molecule is COc1ccc(Cn2ccc(-c3c[nH]n4c(=S)cc(C)nc34)cc2=O)cc1. The van der Waals surface area contributed by atoms with Crippen LogP contribution in [0.1, 0.15) is 11.3 Å². The number of pyridine rings is 1. The van der Waals surface area contributed by atoms with Crippen LogP contribution in [0.5, 0.6) is 5.75 Å². The first-order valence-electron chi connectivity index (χ1n) is 8.47. The van der Waals surface area contributed by atoms with Crippen LogP contribution in [0.25, 0.3) is 16.8 Å². The molecule has 3 heterocycles. The van der Waals surface area contributed by atoms with Gasteiger partial charge in [0.25, 0.3) is 5.56 Å². The number of aryl methyl sites for hydroxylation is 1. The van der Waals surface area contributed by atoms with Gasteiger partial charge in [0, 0.05) is 29.7 Å². The quantitative estimate of drug-likeness (QED) is 0.551. The van der Waals surface area contributed by atoms with E-state index in [1.807, 2.05) is 49.5 Å². The zero-order valence-corrected chi connectivity index (χ0v) is 15.8. The number of nitrogens with one attached hydrogen (secondary N) is 1. The molecule has 0 fully saturated rings. The summed E-state index contributed by atoms with van der Waals surface area (Å²) in [5.41, 5.74) is 4.16. The predicted molar refractivity (Wildman–Crippen MR) is 107 cm³/mol. The molecule has 0 radical (unpaired) electrons. The molecule has 4 rings (SSSR count). The van der Waals surface area contributed by atoms with Crippen molar-refractivity contribution in [3.63, 3.8) is 0 Å². The van der Waals surface area contributed by atoms with Crippen molar-refractivity contribution in [2.75, 3.05) is 7.11 Å². The molecule has 0 unspecified atom stereocenters. The van der Waals surface area contributed by atoms with Crippen molar-refractivity contribution in [3.8, 4) is 16.9 Å². The Kier molecular flexibility index (Phi) is 4.37. The molecule has 0 aliphatic heterocycles. The lowest BCUT2D eigenvalue weighted by atomic mass is 10.1. The molecule has 0 saturated heterocycles. The second-order valence-corrected chi connectivity index (χ2v) is 6.73. The van der Waals surface area contributed by atoms with Gasteiger partial charge in [-0.25, -0.2) is 9.50 Å². The Balaban J connectivity index is 1.69. The summed E-state index contributed by atoms with van der Waals surface area (Å²) < 4.78 is 9.22. The van der Waals surface area contributed by atoms with E-state index in [9.17, 15) is 4.79 Å². The van der Waals surface area contributed by atoms with Crippen LogP contribution in [0.2, 0.25) is 0 Å². The fourth-order valence-corrected chi connectivity index (χ4v) is 3.35. The zero-order chi connectivity index (χ0) is 19.0. The molecule has 7 heteroatoms. The van der Waals surface area contributed by atoms with Gasteiger partial charge in [-0.3, -0.25) is 9.89 Å². The monoisotopic (exact) mass is 378 g/mol. The minimum Gasteiger partial charge on any atom is -0.497 e. The summed E-state index contributed by atoms with van der Waals surface area (Å²) in [7, 11) is 1.63. The van der Waals surface area contributed by atoms with Crippen LogP contribution < -0.4 is 10.3 Å². The molecule has 0 atom stereocenters. The highest BCUT2D eigenvalue weighted by Gasteiger charge is 2.10. The number of aromatic nitrogens is 4. The minimum absolute atomic E-state index is 0.0751. The summed E-state index contributed by atoms with van der Waals surface area (Å²) in [5.74, 6) is 0.794. The first kappa shape index (κ1) is 17.2. The van der Waals surface area contributed by atoms with Crippen LogP contribution in [0, 0.1) is 11.6 Å². The summed E-state index contributed by atoms with van der Waals surface area (Å²) in [4.78, 5) is 17.2. The summed E-state index contributed by atoms with van der Waals surface area (Å²) >= 11 is 5.36. The fraction of sp³-hybridized carbons (Fsp3) is 0.150. The zero-order valence-electron chi connectivity index (χ0n) is 15.0. The topological polar surface area (TPSA) is 64.3 Å². The van der Waals surface area contributed by atoms with E-state index < -0.39 is 0 Å². The lowest BCUT2D eigenvalue weighted by molar-refractivity contribution is 0.414. The second kappa shape index (κ2) is 6.85. The average Bonchev–Trinajstić information content (AvgIpc) is 3.08. The number of rotatable bonds is 4. The molecule has 0 aliphatic rings. The number of fused-ring (bicyclic) bond motifs is 1. The van der Waals surface area contributed by atoms with Crippen LogP contribution in [0.3, 0.4) is 0 Å². The molecule has 3 aromatic heterocycles. The van der Waals surface area contributed by atoms with Crippen LogP contribution in [0.4, 0.5) is 0 Å². The van der Waals surface area contributed by atoms with Crippen LogP contribution in [-0.2, 0) is 6.54 Å². The van der Waals surface area contributed by atoms with E-state index in [0.29, 0.717) is 16.8 Å². The Morgan fingerprint density at radius 3 is 2.67 bits per heavy atom. The normalized spacial score (nSPS) is 11.0. The maximum absolute atomic E-state index is 12.6. The molecule has 27 heavy (non-hydrogen) atoms. The van der Waals surface area contributed by atoms with Gasteiger partial charge in [0.1, 0.15) is 10.4 Å². The molecule has 4 aromatic rings. The lowest BCUT2D eigenvalue weighted by Crippen LogP contribution is -2.19. The first-order valence-corrected chi connectivity index (χ1v) is 8.87. The standard InChI is InChI=1S/C20H18N4O2S/c1-13-9-19(27)24-20(22-13)17(11-21-24)15-7-8-23(18(25)10-15)12-14-3-5-16(26-2)6-4-14/h3-11,21H,12H2,1-2H3. The fourth-order valence-electron chi connectivity index (χ4n) is 3.04. The number of nitrogens with zero attached hydrogens (tertiary/aromatic N) is 3. The largest absolute Gasteiger partial charge is 0.497 e. The van der Waals surface area contributed by atoms with E-state index in [1.165, 1.54) is 0 Å². The van der Waals surface area contributed by atoms with Crippen molar-refractivity contribution < 1.29 is 4.74 Å². The number of H-pyrrole nitrogens is 1. The number of aromatic amines is 1. The number of benzene rings is 1. The van der Waals surface area contributed by atoms with E-state index in [1.54, 1.807) is 28.5 Å². The summed E-state index contributed by atoms with van der Waals surface area (Å²) in [6.07, 6.45) is 3.62. The van der Waals surface area contributed by atoms with Crippen LogP contribution in [0.15, 0.2) is 59.7 Å². The van der Waals surface area contributed by atoms with E-state index in [0.717, 1.165) is 28.1 Å². The summed E-state index contributed by atoms with van der Waals surface area (Å²) in [6.45, 7) is 2.40. The summed E-state index contributed by atoms with van der Waals surface area (Å²) in [6, 6.07) is 13.0. The Bertz CT molecular complexity index is 1240. The van der Waals surface area contributed by atoms with Gasteiger partial charge in [-0.05, 0) is 42.3 Å². The molecule has 0 saturated carbocycles. The number of hydrogen-bond donors (Lipinski definition) is 1. The molecule has 136 valence electrons. The molecule has 0 spiro atoms. The van der Waals surface area contributed by atoms with Crippen molar-refractivity contribution in [1.29, 1.82) is 0 Å². The average molecular weight is 378 g/mol. The van der Waals surface area contributed by atoms with Gasteiger partial charge in [-0.15, -0.1) is 0 Å². The molecular formula is C20H18N4O2S. The van der Waals surface area contributed by atoms with E-state index in [2.05, 4.69) is 10.1 Å². The Labute approximate surface area is 160 Å². The van der Waals surface area contributed by atoms with Crippen molar-refractivity contribution in [2.24, 2.45) is 0 Å². The van der Waals surface area contributed by atoms with Gasteiger partial charge in [0.2, 0.25) is 0 Å². The lowest BCUT2D eigenvalue weighted by Gasteiger charge is -2.08. The van der Waals surface area contributed by atoms with Gasteiger partial charge >= 0.3 is 0 Å².